The van der Waals surface area contributed by atoms with Gasteiger partial charge in [0.1, 0.15) is 17.3 Å². The third-order valence-corrected chi connectivity index (χ3v) is 4.08. The molecular formula is C14H14N4OS. The molecule has 2 heterocycles. The van der Waals surface area contributed by atoms with Crippen molar-refractivity contribution in [2.75, 3.05) is 5.75 Å². The highest BCUT2D eigenvalue weighted by Gasteiger charge is 2.24. The second-order valence-electron chi connectivity index (χ2n) is 4.89. The minimum atomic E-state index is -0.238. The summed E-state index contributed by atoms with van der Waals surface area (Å²) in [6.07, 6.45) is 3.99. The maximum absolute atomic E-state index is 12.3. The fourth-order valence-corrected chi connectivity index (χ4v) is 2.69. The van der Waals surface area contributed by atoms with Crippen LogP contribution in [0, 0.1) is 17.2 Å². The molecule has 1 fully saturated rings. The van der Waals surface area contributed by atoms with Gasteiger partial charge < -0.3 is 0 Å². The highest BCUT2D eigenvalue weighted by atomic mass is 32.2. The van der Waals surface area contributed by atoms with Crippen molar-refractivity contribution in [2.45, 2.75) is 31.5 Å². The SMILES string of the molecule is CCSc1ncc2cc(C#N)c(=O)n(CC3CC3)c2n1. The highest BCUT2D eigenvalue weighted by molar-refractivity contribution is 7.99. The average Bonchev–Trinajstić information content (AvgIpc) is 3.26. The van der Waals surface area contributed by atoms with Crippen molar-refractivity contribution in [1.29, 1.82) is 5.26 Å². The largest absolute Gasteiger partial charge is 0.291 e. The molecule has 20 heavy (non-hydrogen) atoms. The Balaban J connectivity index is 2.22. The topological polar surface area (TPSA) is 71.6 Å². The zero-order chi connectivity index (χ0) is 14.1. The van der Waals surface area contributed by atoms with Gasteiger partial charge in [0.15, 0.2) is 5.16 Å². The fraction of sp³-hybridized carbons (Fsp3) is 0.429. The molecule has 0 bridgehead atoms. The Labute approximate surface area is 120 Å². The Hall–Kier alpha value is -1.87. The molecule has 102 valence electrons. The van der Waals surface area contributed by atoms with Crippen molar-refractivity contribution in [3.05, 3.63) is 28.2 Å². The van der Waals surface area contributed by atoms with Crippen LogP contribution in [0.15, 0.2) is 22.2 Å². The van der Waals surface area contributed by atoms with Gasteiger partial charge in [-0.05, 0) is 30.6 Å². The van der Waals surface area contributed by atoms with Crippen molar-refractivity contribution in [1.82, 2.24) is 14.5 Å². The van der Waals surface area contributed by atoms with E-state index in [4.69, 9.17) is 5.26 Å². The van der Waals surface area contributed by atoms with Crippen LogP contribution in [0.25, 0.3) is 11.0 Å². The van der Waals surface area contributed by atoms with Crippen LogP contribution in [0.3, 0.4) is 0 Å². The molecule has 0 aliphatic heterocycles. The zero-order valence-corrected chi connectivity index (χ0v) is 12.0. The van der Waals surface area contributed by atoms with E-state index in [1.807, 2.05) is 13.0 Å². The summed E-state index contributed by atoms with van der Waals surface area (Å²) < 4.78 is 1.65. The van der Waals surface area contributed by atoms with Crippen LogP contribution in [-0.2, 0) is 6.54 Å². The first-order valence-corrected chi connectivity index (χ1v) is 7.65. The molecule has 1 aliphatic rings. The third-order valence-electron chi connectivity index (χ3n) is 3.34. The van der Waals surface area contributed by atoms with Crippen LogP contribution >= 0.6 is 11.8 Å². The van der Waals surface area contributed by atoms with Gasteiger partial charge in [-0.1, -0.05) is 18.7 Å². The monoisotopic (exact) mass is 286 g/mol. The summed E-state index contributed by atoms with van der Waals surface area (Å²) in [6, 6.07) is 3.55. The standard InChI is InChI=1S/C14H14N4OS/c1-2-20-14-16-7-11-5-10(6-15)13(19)18(12(11)17-14)8-9-3-4-9/h5,7,9H,2-4,8H2,1H3. The molecule has 5 nitrogen and oxygen atoms in total. The van der Waals surface area contributed by atoms with E-state index in [1.54, 1.807) is 28.6 Å². The molecule has 0 N–H and O–H groups in total. The van der Waals surface area contributed by atoms with Gasteiger partial charge >= 0.3 is 0 Å². The summed E-state index contributed by atoms with van der Waals surface area (Å²) in [7, 11) is 0. The van der Waals surface area contributed by atoms with Gasteiger partial charge in [-0.15, -0.1) is 0 Å². The van der Waals surface area contributed by atoms with Gasteiger partial charge in [-0.25, -0.2) is 9.97 Å². The van der Waals surface area contributed by atoms with E-state index in [1.165, 1.54) is 0 Å². The minimum Gasteiger partial charge on any atom is -0.291 e. The van der Waals surface area contributed by atoms with E-state index in [2.05, 4.69) is 9.97 Å². The molecule has 0 spiro atoms. The number of rotatable bonds is 4. The molecular weight excluding hydrogens is 272 g/mol. The second kappa shape index (κ2) is 5.25. The molecule has 3 rings (SSSR count). The number of hydrogen-bond acceptors (Lipinski definition) is 5. The molecule has 2 aromatic rings. The summed E-state index contributed by atoms with van der Waals surface area (Å²) >= 11 is 1.55. The lowest BCUT2D eigenvalue weighted by molar-refractivity contribution is 0.618. The maximum Gasteiger partial charge on any atom is 0.270 e. The molecule has 0 atom stereocenters. The number of pyridine rings is 1. The van der Waals surface area contributed by atoms with Gasteiger partial charge in [0.2, 0.25) is 0 Å². The van der Waals surface area contributed by atoms with E-state index >= 15 is 0 Å². The molecule has 0 aromatic carbocycles. The lowest BCUT2D eigenvalue weighted by Gasteiger charge is -2.10. The second-order valence-corrected chi connectivity index (χ2v) is 6.12. The molecule has 1 aliphatic carbocycles. The van der Waals surface area contributed by atoms with Gasteiger partial charge in [-0.2, -0.15) is 5.26 Å². The Morgan fingerprint density at radius 3 is 3.00 bits per heavy atom. The van der Waals surface area contributed by atoms with Crippen LogP contribution in [-0.4, -0.2) is 20.3 Å². The summed E-state index contributed by atoms with van der Waals surface area (Å²) in [5.74, 6) is 1.43. The summed E-state index contributed by atoms with van der Waals surface area (Å²) in [5.41, 5.74) is 0.572. The molecule has 6 heteroatoms. The van der Waals surface area contributed by atoms with Crippen molar-refractivity contribution >= 4 is 22.8 Å². The lowest BCUT2D eigenvalue weighted by atomic mass is 10.2. The van der Waals surface area contributed by atoms with Crippen molar-refractivity contribution in [3.63, 3.8) is 0 Å². The van der Waals surface area contributed by atoms with E-state index in [-0.39, 0.29) is 11.1 Å². The number of nitriles is 1. The molecule has 2 aromatic heterocycles. The third kappa shape index (κ3) is 2.41. The molecule has 0 radical (unpaired) electrons. The normalized spacial score (nSPS) is 14.4. The van der Waals surface area contributed by atoms with E-state index in [0.717, 1.165) is 24.0 Å². The van der Waals surface area contributed by atoms with Gasteiger partial charge in [0.25, 0.3) is 5.56 Å². The Kier molecular flexibility index (Phi) is 3.45. The lowest BCUT2D eigenvalue weighted by Crippen LogP contribution is -2.24. The fourth-order valence-electron chi connectivity index (χ4n) is 2.15. The van der Waals surface area contributed by atoms with Crippen LogP contribution in [0.4, 0.5) is 0 Å². The Morgan fingerprint density at radius 2 is 2.35 bits per heavy atom. The number of aromatic nitrogens is 3. The molecule has 0 amide bonds. The first-order chi connectivity index (χ1) is 9.72. The van der Waals surface area contributed by atoms with Crippen LogP contribution < -0.4 is 5.56 Å². The summed E-state index contributed by atoms with van der Waals surface area (Å²) in [4.78, 5) is 21.1. The molecule has 1 saturated carbocycles. The average molecular weight is 286 g/mol. The number of hydrogen-bond donors (Lipinski definition) is 0. The van der Waals surface area contributed by atoms with E-state index < -0.39 is 0 Å². The number of thioether (sulfide) groups is 1. The Morgan fingerprint density at radius 1 is 1.55 bits per heavy atom. The van der Waals surface area contributed by atoms with Crippen LogP contribution in [0.5, 0.6) is 0 Å². The first-order valence-electron chi connectivity index (χ1n) is 6.66. The van der Waals surface area contributed by atoms with Crippen LogP contribution in [0.1, 0.15) is 25.3 Å². The zero-order valence-electron chi connectivity index (χ0n) is 11.2. The van der Waals surface area contributed by atoms with Gasteiger partial charge in [0.05, 0.1) is 0 Å². The molecule has 0 saturated heterocycles. The first kappa shape index (κ1) is 13.1. The maximum atomic E-state index is 12.3. The molecule has 0 unspecified atom stereocenters. The summed E-state index contributed by atoms with van der Waals surface area (Å²) in [5, 5.41) is 10.5. The predicted octanol–water partition coefficient (Wildman–Crippen LogP) is 2.19. The van der Waals surface area contributed by atoms with Crippen molar-refractivity contribution in [2.24, 2.45) is 5.92 Å². The smallest absolute Gasteiger partial charge is 0.270 e. The summed E-state index contributed by atoms with van der Waals surface area (Å²) in [6.45, 7) is 2.69. The van der Waals surface area contributed by atoms with Crippen LogP contribution in [0.2, 0.25) is 0 Å². The van der Waals surface area contributed by atoms with E-state index in [9.17, 15) is 4.79 Å². The predicted molar refractivity (Wildman–Crippen MR) is 77.6 cm³/mol. The highest BCUT2D eigenvalue weighted by Crippen LogP contribution is 2.31. The quantitative estimate of drug-likeness (QED) is 0.636. The van der Waals surface area contributed by atoms with Gasteiger partial charge in [0, 0.05) is 18.1 Å². The number of fused-ring (bicyclic) bond motifs is 1. The van der Waals surface area contributed by atoms with Gasteiger partial charge in [-0.3, -0.25) is 9.36 Å². The van der Waals surface area contributed by atoms with Crippen molar-refractivity contribution < 1.29 is 0 Å². The number of nitrogens with zero attached hydrogens (tertiary/aromatic N) is 4. The van der Waals surface area contributed by atoms with E-state index in [0.29, 0.717) is 23.3 Å². The van der Waals surface area contributed by atoms with Crippen molar-refractivity contribution in [3.8, 4) is 6.07 Å². The Bertz CT molecular complexity index is 758. The minimum absolute atomic E-state index is 0.164.